The number of non-ortho nitro benzene ring substituents is 1. The normalized spacial score (nSPS) is 24.1. The summed E-state index contributed by atoms with van der Waals surface area (Å²) in [6.07, 6.45) is 6.62. The Kier molecular flexibility index (Phi) is 3.60. The lowest BCUT2D eigenvalue weighted by Crippen LogP contribution is -2.29. The molecule has 0 saturated heterocycles. The van der Waals surface area contributed by atoms with E-state index in [2.05, 4.69) is 42.6 Å². The molecule has 0 unspecified atom stereocenters. The minimum atomic E-state index is -0.345. The van der Waals surface area contributed by atoms with Gasteiger partial charge in [-0.3, -0.25) is 10.1 Å². The number of aryl methyl sites for hydroxylation is 1. The van der Waals surface area contributed by atoms with E-state index in [1.165, 1.54) is 16.8 Å². The van der Waals surface area contributed by atoms with Crippen molar-refractivity contribution < 1.29 is 4.92 Å². The van der Waals surface area contributed by atoms with Crippen molar-refractivity contribution >= 4 is 11.4 Å². The lowest BCUT2D eigenvalue weighted by Gasteiger charge is -2.38. The highest BCUT2D eigenvalue weighted by Gasteiger charge is 2.38. The van der Waals surface area contributed by atoms with Gasteiger partial charge in [0.2, 0.25) is 0 Å². The molecule has 0 saturated carbocycles. The third kappa shape index (κ3) is 2.30. The number of rotatable bonds is 3. The van der Waals surface area contributed by atoms with Gasteiger partial charge in [-0.1, -0.05) is 49.4 Å². The van der Waals surface area contributed by atoms with E-state index in [9.17, 15) is 10.1 Å². The molecule has 0 aromatic heterocycles. The van der Waals surface area contributed by atoms with Crippen molar-refractivity contribution in [1.29, 1.82) is 0 Å². The summed E-state index contributed by atoms with van der Waals surface area (Å²) in [5.74, 6) is 0.888. The Morgan fingerprint density at radius 3 is 2.71 bits per heavy atom. The maximum atomic E-state index is 10.9. The van der Waals surface area contributed by atoms with E-state index in [-0.39, 0.29) is 16.7 Å². The summed E-state index contributed by atoms with van der Waals surface area (Å²) in [4.78, 5) is 10.6. The van der Waals surface area contributed by atoms with E-state index in [0.717, 1.165) is 18.4 Å². The Bertz CT molecular complexity index is 811. The molecule has 2 aromatic carbocycles. The Labute approximate surface area is 141 Å². The summed E-state index contributed by atoms with van der Waals surface area (Å²) in [6, 6.07) is 13.7. The van der Waals surface area contributed by atoms with Crippen LogP contribution in [0.1, 0.15) is 42.0 Å². The summed E-state index contributed by atoms with van der Waals surface area (Å²) in [6.45, 7) is 2.18. The summed E-state index contributed by atoms with van der Waals surface area (Å²) >= 11 is 0. The first-order valence-corrected chi connectivity index (χ1v) is 8.48. The van der Waals surface area contributed by atoms with Crippen LogP contribution < -0.4 is 5.32 Å². The van der Waals surface area contributed by atoms with Crippen LogP contribution in [0, 0.1) is 16.0 Å². The van der Waals surface area contributed by atoms with Gasteiger partial charge < -0.3 is 5.32 Å². The van der Waals surface area contributed by atoms with Crippen LogP contribution >= 0.6 is 0 Å². The molecule has 4 nitrogen and oxygen atoms in total. The lowest BCUT2D eigenvalue weighted by atomic mass is 9.76. The van der Waals surface area contributed by atoms with E-state index in [0.29, 0.717) is 11.8 Å². The van der Waals surface area contributed by atoms with Crippen molar-refractivity contribution in [3.63, 3.8) is 0 Å². The fourth-order valence-corrected chi connectivity index (χ4v) is 4.11. The molecule has 1 aliphatic carbocycles. The average Bonchev–Trinajstić information content (AvgIpc) is 3.10. The van der Waals surface area contributed by atoms with Crippen LogP contribution in [0.15, 0.2) is 54.6 Å². The molecule has 2 aliphatic rings. The quantitative estimate of drug-likeness (QED) is 0.493. The lowest BCUT2D eigenvalue weighted by molar-refractivity contribution is -0.384. The van der Waals surface area contributed by atoms with Gasteiger partial charge in [0.05, 0.1) is 11.0 Å². The maximum Gasteiger partial charge on any atom is 0.269 e. The van der Waals surface area contributed by atoms with E-state index in [1.54, 1.807) is 12.1 Å². The van der Waals surface area contributed by atoms with E-state index in [4.69, 9.17) is 0 Å². The number of para-hydroxylation sites is 1. The number of nitro benzene ring substituents is 1. The van der Waals surface area contributed by atoms with Crippen LogP contribution in [0.25, 0.3) is 0 Å². The zero-order valence-corrected chi connectivity index (χ0v) is 13.6. The van der Waals surface area contributed by atoms with E-state index < -0.39 is 0 Å². The Morgan fingerprint density at radius 2 is 2.00 bits per heavy atom. The largest absolute Gasteiger partial charge is 0.377 e. The predicted molar refractivity (Wildman–Crippen MR) is 95.3 cm³/mol. The Balaban J connectivity index is 1.76. The number of allylic oxidation sites excluding steroid dienone is 2. The summed E-state index contributed by atoms with van der Waals surface area (Å²) in [5.41, 5.74) is 5.22. The van der Waals surface area contributed by atoms with Crippen molar-refractivity contribution in [3.8, 4) is 0 Å². The summed E-state index contributed by atoms with van der Waals surface area (Å²) in [7, 11) is 0. The highest BCUT2D eigenvalue weighted by molar-refractivity contribution is 5.64. The second-order valence-electron chi connectivity index (χ2n) is 6.56. The van der Waals surface area contributed by atoms with Gasteiger partial charge >= 0.3 is 0 Å². The zero-order valence-electron chi connectivity index (χ0n) is 13.6. The minimum Gasteiger partial charge on any atom is -0.377 e. The molecule has 2 aromatic rings. The fourth-order valence-electron chi connectivity index (χ4n) is 4.11. The molecule has 4 rings (SSSR count). The molecule has 0 radical (unpaired) electrons. The van der Waals surface area contributed by atoms with Gasteiger partial charge in [-0.25, -0.2) is 0 Å². The van der Waals surface area contributed by atoms with Gasteiger partial charge in [0.25, 0.3) is 5.69 Å². The average molecular weight is 320 g/mol. The van der Waals surface area contributed by atoms with Crippen LogP contribution in [0.5, 0.6) is 0 Å². The maximum absolute atomic E-state index is 10.9. The van der Waals surface area contributed by atoms with Gasteiger partial charge in [0.1, 0.15) is 0 Å². The molecule has 122 valence electrons. The number of nitro groups is 1. The number of nitrogens with zero attached hydrogens (tertiary/aromatic N) is 1. The molecular weight excluding hydrogens is 300 g/mol. The topological polar surface area (TPSA) is 55.2 Å². The summed E-state index contributed by atoms with van der Waals surface area (Å²) < 4.78 is 0. The zero-order chi connectivity index (χ0) is 16.7. The second kappa shape index (κ2) is 5.78. The minimum absolute atomic E-state index is 0.144. The Hall–Kier alpha value is -2.62. The molecule has 0 amide bonds. The molecule has 1 aliphatic heterocycles. The highest BCUT2D eigenvalue weighted by Crippen LogP contribution is 2.50. The number of anilines is 1. The molecule has 0 spiro atoms. The van der Waals surface area contributed by atoms with Gasteiger partial charge in [-0.05, 0) is 35.4 Å². The van der Waals surface area contributed by atoms with Gasteiger partial charge in [0.15, 0.2) is 0 Å². The SMILES string of the molecule is CCc1cccc2c1N[C@@H](c1ccc([N+](=O)[O-])cc1)[C@@H]1CC=C[C@@H]21. The first-order valence-electron chi connectivity index (χ1n) is 8.48. The fraction of sp³-hybridized carbons (Fsp3) is 0.300. The van der Waals surface area contributed by atoms with Crippen LogP contribution in [-0.2, 0) is 6.42 Å². The molecule has 0 bridgehead atoms. The van der Waals surface area contributed by atoms with Crippen LogP contribution in [-0.4, -0.2) is 4.92 Å². The van der Waals surface area contributed by atoms with Crippen LogP contribution in [0.3, 0.4) is 0 Å². The van der Waals surface area contributed by atoms with Gasteiger partial charge in [-0.2, -0.15) is 0 Å². The Morgan fingerprint density at radius 1 is 1.21 bits per heavy atom. The van der Waals surface area contributed by atoms with Gasteiger partial charge in [-0.15, -0.1) is 0 Å². The molecule has 24 heavy (non-hydrogen) atoms. The first-order chi connectivity index (χ1) is 11.7. The molecular formula is C20H20N2O2. The van der Waals surface area contributed by atoms with Crippen molar-refractivity contribution in [1.82, 2.24) is 0 Å². The van der Waals surface area contributed by atoms with Crippen molar-refractivity contribution in [2.24, 2.45) is 5.92 Å². The number of hydrogen-bond acceptors (Lipinski definition) is 3. The van der Waals surface area contributed by atoms with Gasteiger partial charge in [0, 0.05) is 23.7 Å². The summed E-state index contributed by atoms with van der Waals surface area (Å²) in [5, 5.41) is 14.6. The molecule has 4 heteroatoms. The van der Waals surface area contributed by atoms with E-state index in [1.807, 2.05) is 12.1 Å². The number of benzene rings is 2. The van der Waals surface area contributed by atoms with Crippen molar-refractivity contribution in [2.75, 3.05) is 5.32 Å². The molecule has 3 atom stereocenters. The first kappa shape index (κ1) is 14.9. The number of hydrogen-bond donors (Lipinski definition) is 1. The third-order valence-corrected chi connectivity index (χ3v) is 5.33. The van der Waals surface area contributed by atoms with Crippen molar-refractivity contribution in [2.45, 2.75) is 31.7 Å². The van der Waals surface area contributed by atoms with Crippen LogP contribution in [0.2, 0.25) is 0 Å². The van der Waals surface area contributed by atoms with Crippen molar-refractivity contribution in [3.05, 3.63) is 81.4 Å². The predicted octanol–water partition coefficient (Wildman–Crippen LogP) is 4.98. The van der Waals surface area contributed by atoms with Crippen LogP contribution in [0.4, 0.5) is 11.4 Å². The monoisotopic (exact) mass is 320 g/mol. The standard InChI is InChI=1S/C20H20N2O2/c1-2-13-5-3-7-17-16-6-4-8-18(16)20(21-19(13)17)14-9-11-15(12-10-14)22(23)24/h3-7,9-12,16,18,20-21H,2,8H2,1H3/t16-,18+,20-/m0/s1. The second-order valence-corrected chi connectivity index (χ2v) is 6.56. The smallest absolute Gasteiger partial charge is 0.269 e. The molecule has 1 heterocycles. The number of nitrogens with one attached hydrogen (secondary N) is 1. The van der Waals surface area contributed by atoms with E-state index >= 15 is 0 Å². The highest BCUT2D eigenvalue weighted by atomic mass is 16.6. The molecule has 0 fully saturated rings. The number of fused-ring (bicyclic) bond motifs is 3. The molecule has 1 N–H and O–H groups in total. The third-order valence-electron chi connectivity index (χ3n) is 5.33.